The molecular weight excluding hydrogens is 246 g/mol. The summed E-state index contributed by atoms with van der Waals surface area (Å²) in [7, 11) is 1.59. The highest BCUT2D eigenvalue weighted by atomic mass is 32.1. The summed E-state index contributed by atoms with van der Waals surface area (Å²) >= 11 is 1.64. The summed E-state index contributed by atoms with van der Waals surface area (Å²) in [6.45, 7) is 1.98. The van der Waals surface area contributed by atoms with Gasteiger partial charge in [-0.2, -0.15) is 0 Å². The number of ether oxygens (including phenoxy) is 1. The van der Waals surface area contributed by atoms with Crippen LogP contribution in [0.25, 0.3) is 0 Å². The molecule has 2 aromatic rings. The molecular formula is C14H15NO2S. The Kier molecular flexibility index (Phi) is 3.99. The minimum absolute atomic E-state index is 0.0173. The van der Waals surface area contributed by atoms with Gasteiger partial charge in [0.15, 0.2) is 0 Å². The van der Waals surface area contributed by atoms with E-state index in [9.17, 15) is 4.79 Å². The maximum Gasteiger partial charge on any atom is 0.251 e. The van der Waals surface area contributed by atoms with Crippen LogP contribution in [-0.4, -0.2) is 13.0 Å². The molecule has 2 rings (SSSR count). The van der Waals surface area contributed by atoms with Gasteiger partial charge in [0.2, 0.25) is 0 Å². The Balaban J connectivity index is 2.07. The Morgan fingerprint density at radius 2 is 2.17 bits per heavy atom. The third-order valence-corrected chi connectivity index (χ3v) is 3.70. The van der Waals surface area contributed by atoms with Crippen LogP contribution in [0.4, 0.5) is 0 Å². The van der Waals surface area contributed by atoms with Crippen molar-refractivity contribution in [1.82, 2.24) is 5.32 Å². The summed E-state index contributed by atoms with van der Waals surface area (Å²) in [5.74, 6) is 0.598. The van der Waals surface area contributed by atoms with E-state index < -0.39 is 0 Å². The fourth-order valence-corrected chi connectivity index (χ4v) is 2.39. The van der Waals surface area contributed by atoms with E-state index in [4.69, 9.17) is 4.74 Å². The number of amides is 1. The zero-order valence-corrected chi connectivity index (χ0v) is 11.2. The number of carbonyl (C=O) groups is 1. The van der Waals surface area contributed by atoms with Crippen LogP contribution in [-0.2, 0) is 0 Å². The molecule has 1 heterocycles. The van der Waals surface area contributed by atoms with Crippen molar-refractivity contribution in [2.24, 2.45) is 0 Å². The Labute approximate surface area is 110 Å². The predicted molar refractivity (Wildman–Crippen MR) is 73.2 cm³/mol. The molecule has 0 aliphatic carbocycles. The van der Waals surface area contributed by atoms with Crippen LogP contribution in [0.15, 0.2) is 41.8 Å². The van der Waals surface area contributed by atoms with Crippen molar-refractivity contribution in [2.75, 3.05) is 7.11 Å². The van der Waals surface area contributed by atoms with Crippen molar-refractivity contribution in [3.63, 3.8) is 0 Å². The third-order valence-electron chi connectivity index (χ3n) is 2.65. The number of nitrogens with one attached hydrogen (secondary N) is 1. The number of carbonyl (C=O) groups excluding carboxylic acids is 1. The molecule has 1 aromatic heterocycles. The molecule has 3 nitrogen and oxygen atoms in total. The van der Waals surface area contributed by atoms with E-state index in [0.29, 0.717) is 11.3 Å². The van der Waals surface area contributed by atoms with E-state index in [2.05, 4.69) is 5.32 Å². The minimum Gasteiger partial charge on any atom is -0.497 e. The van der Waals surface area contributed by atoms with Crippen LogP contribution in [0.3, 0.4) is 0 Å². The number of benzene rings is 1. The fraction of sp³-hybridized carbons (Fsp3) is 0.214. The Morgan fingerprint density at radius 3 is 2.83 bits per heavy atom. The topological polar surface area (TPSA) is 38.3 Å². The predicted octanol–water partition coefficient (Wildman–Crippen LogP) is 3.25. The molecule has 1 amide bonds. The third kappa shape index (κ3) is 2.90. The molecule has 0 fully saturated rings. The zero-order chi connectivity index (χ0) is 13.0. The first kappa shape index (κ1) is 12.6. The first-order chi connectivity index (χ1) is 8.70. The molecule has 18 heavy (non-hydrogen) atoms. The van der Waals surface area contributed by atoms with Gasteiger partial charge in [-0.15, -0.1) is 11.3 Å². The monoisotopic (exact) mass is 261 g/mol. The summed E-state index contributed by atoms with van der Waals surface area (Å²) in [5, 5.41) is 4.97. The smallest absolute Gasteiger partial charge is 0.251 e. The molecule has 0 spiro atoms. The second-order valence-electron chi connectivity index (χ2n) is 3.94. The highest BCUT2D eigenvalue weighted by Gasteiger charge is 2.12. The molecule has 0 aliphatic heterocycles. The lowest BCUT2D eigenvalue weighted by atomic mass is 10.2. The van der Waals surface area contributed by atoms with Crippen LogP contribution >= 0.6 is 11.3 Å². The van der Waals surface area contributed by atoms with Gasteiger partial charge in [0.05, 0.1) is 13.2 Å². The standard InChI is InChI=1S/C14H15NO2S/c1-10(13-7-4-8-18-13)15-14(16)11-5-3-6-12(9-11)17-2/h3-10H,1-2H3,(H,15,16)/t10-/m0/s1. The maximum atomic E-state index is 12.1. The van der Waals surface area contributed by atoms with Gasteiger partial charge in [0, 0.05) is 10.4 Å². The maximum absolute atomic E-state index is 12.1. The lowest BCUT2D eigenvalue weighted by molar-refractivity contribution is 0.0940. The summed E-state index contributed by atoms with van der Waals surface area (Å²) in [4.78, 5) is 13.2. The van der Waals surface area contributed by atoms with Crippen molar-refractivity contribution < 1.29 is 9.53 Å². The second-order valence-corrected chi connectivity index (χ2v) is 4.92. The lowest BCUT2D eigenvalue weighted by Gasteiger charge is -2.12. The van der Waals surface area contributed by atoms with Gasteiger partial charge in [-0.3, -0.25) is 4.79 Å². The van der Waals surface area contributed by atoms with Gasteiger partial charge in [0.25, 0.3) is 5.91 Å². The molecule has 0 aliphatic rings. The summed E-state index contributed by atoms with van der Waals surface area (Å²) < 4.78 is 5.10. The van der Waals surface area contributed by atoms with Crippen molar-refractivity contribution in [1.29, 1.82) is 0 Å². The molecule has 94 valence electrons. The van der Waals surface area contributed by atoms with Gasteiger partial charge in [0.1, 0.15) is 5.75 Å². The summed E-state index contributed by atoms with van der Waals surface area (Å²) in [6.07, 6.45) is 0. The normalized spacial score (nSPS) is 11.9. The first-order valence-electron chi connectivity index (χ1n) is 5.69. The van der Waals surface area contributed by atoms with Gasteiger partial charge in [-0.05, 0) is 36.6 Å². The van der Waals surface area contributed by atoms with Crippen molar-refractivity contribution in [3.8, 4) is 5.75 Å². The Hall–Kier alpha value is -1.81. The average Bonchev–Trinajstić information content (AvgIpc) is 2.92. The Morgan fingerprint density at radius 1 is 1.33 bits per heavy atom. The van der Waals surface area contributed by atoms with Crippen LogP contribution in [0.2, 0.25) is 0 Å². The van der Waals surface area contributed by atoms with Gasteiger partial charge >= 0.3 is 0 Å². The highest BCUT2D eigenvalue weighted by Crippen LogP contribution is 2.19. The van der Waals surface area contributed by atoms with Crippen LogP contribution in [0.5, 0.6) is 5.75 Å². The van der Waals surface area contributed by atoms with E-state index in [0.717, 1.165) is 4.88 Å². The minimum atomic E-state index is -0.0881. The molecule has 1 aromatic carbocycles. The van der Waals surface area contributed by atoms with E-state index in [1.165, 1.54) is 0 Å². The van der Waals surface area contributed by atoms with Crippen LogP contribution in [0, 0.1) is 0 Å². The van der Waals surface area contributed by atoms with E-state index in [-0.39, 0.29) is 11.9 Å². The number of hydrogen-bond donors (Lipinski definition) is 1. The number of hydrogen-bond acceptors (Lipinski definition) is 3. The molecule has 0 saturated carbocycles. The summed E-state index contributed by atoms with van der Waals surface area (Å²) in [6, 6.07) is 11.2. The first-order valence-corrected chi connectivity index (χ1v) is 6.57. The van der Waals surface area contributed by atoms with Crippen molar-refractivity contribution in [2.45, 2.75) is 13.0 Å². The summed E-state index contributed by atoms with van der Waals surface area (Å²) in [5.41, 5.74) is 0.609. The zero-order valence-electron chi connectivity index (χ0n) is 10.3. The number of rotatable bonds is 4. The molecule has 0 saturated heterocycles. The quantitative estimate of drug-likeness (QED) is 0.917. The highest BCUT2D eigenvalue weighted by molar-refractivity contribution is 7.10. The Bertz CT molecular complexity index is 522. The van der Waals surface area contributed by atoms with Gasteiger partial charge < -0.3 is 10.1 Å². The van der Waals surface area contributed by atoms with E-state index in [1.54, 1.807) is 30.6 Å². The fourth-order valence-electron chi connectivity index (χ4n) is 1.65. The molecule has 0 bridgehead atoms. The van der Waals surface area contributed by atoms with E-state index >= 15 is 0 Å². The van der Waals surface area contributed by atoms with Crippen LogP contribution < -0.4 is 10.1 Å². The van der Waals surface area contributed by atoms with Gasteiger partial charge in [-0.1, -0.05) is 12.1 Å². The van der Waals surface area contributed by atoms with Crippen LogP contribution in [0.1, 0.15) is 28.2 Å². The lowest BCUT2D eigenvalue weighted by Crippen LogP contribution is -2.26. The van der Waals surface area contributed by atoms with Crippen molar-refractivity contribution in [3.05, 3.63) is 52.2 Å². The van der Waals surface area contributed by atoms with Crippen molar-refractivity contribution >= 4 is 17.2 Å². The molecule has 1 N–H and O–H groups in total. The number of methoxy groups -OCH3 is 1. The average molecular weight is 261 g/mol. The number of thiophene rings is 1. The molecule has 0 unspecified atom stereocenters. The largest absolute Gasteiger partial charge is 0.497 e. The van der Waals surface area contributed by atoms with E-state index in [1.807, 2.05) is 36.6 Å². The SMILES string of the molecule is COc1cccc(C(=O)N[C@@H](C)c2cccs2)c1. The molecule has 1 atom stereocenters. The second kappa shape index (κ2) is 5.69. The van der Waals surface area contributed by atoms with Gasteiger partial charge in [-0.25, -0.2) is 0 Å². The molecule has 4 heteroatoms. The molecule has 0 radical (unpaired) electrons.